The number of halogens is 2. The van der Waals surface area contributed by atoms with Crippen molar-refractivity contribution in [3.63, 3.8) is 0 Å². The first-order chi connectivity index (χ1) is 8.20. The molecular formula is C14H14Cl2O. The zero-order valence-electron chi connectivity index (χ0n) is 9.62. The van der Waals surface area contributed by atoms with Crippen molar-refractivity contribution in [2.24, 2.45) is 0 Å². The van der Waals surface area contributed by atoms with Crippen molar-refractivity contribution in [3.8, 4) is 0 Å². The van der Waals surface area contributed by atoms with E-state index in [-0.39, 0.29) is 5.38 Å². The van der Waals surface area contributed by atoms with Crippen molar-refractivity contribution in [2.45, 2.75) is 25.1 Å². The standard InChI is InChI=1S/C14H14Cl2O/c1-2-14-12(7-8-17-14)13(16)9-10-3-5-11(15)6-4-10/h3-8,13H,2,9H2,1H3. The predicted octanol–water partition coefficient (Wildman–Crippen LogP) is 5.02. The lowest BCUT2D eigenvalue weighted by atomic mass is 10.0. The topological polar surface area (TPSA) is 13.1 Å². The molecule has 3 heteroatoms. The number of hydrogen-bond donors (Lipinski definition) is 0. The molecule has 90 valence electrons. The van der Waals surface area contributed by atoms with Crippen LogP contribution in [0.5, 0.6) is 0 Å². The number of aryl methyl sites for hydroxylation is 1. The van der Waals surface area contributed by atoms with E-state index in [9.17, 15) is 0 Å². The maximum Gasteiger partial charge on any atom is 0.108 e. The molecule has 0 saturated heterocycles. The Morgan fingerprint density at radius 1 is 1.18 bits per heavy atom. The lowest BCUT2D eigenvalue weighted by Gasteiger charge is -2.09. The van der Waals surface area contributed by atoms with Crippen LogP contribution in [0.4, 0.5) is 0 Å². The van der Waals surface area contributed by atoms with Crippen LogP contribution in [0.1, 0.15) is 29.2 Å². The van der Waals surface area contributed by atoms with Crippen LogP contribution in [0, 0.1) is 0 Å². The van der Waals surface area contributed by atoms with Crippen molar-refractivity contribution in [3.05, 3.63) is 58.5 Å². The summed E-state index contributed by atoms with van der Waals surface area (Å²) in [5, 5.41) is 0.697. The molecule has 2 aromatic rings. The van der Waals surface area contributed by atoms with Crippen LogP contribution in [0.3, 0.4) is 0 Å². The zero-order chi connectivity index (χ0) is 12.3. The first-order valence-electron chi connectivity index (χ1n) is 5.65. The minimum atomic E-state index is -0.0510. The summed E-state index contributed by atoms with van der Waals surface area (Å²) in [4.78, 5) is 0. The Bertz CT molecular complexity index is 473. The van der Waals surface area contributed by atoms with E-state index in [1.165, 1.54) is 5.56 Å². The molecule has 1 heterocycles. The molecular weight excluding hydrogens is 255 g/mol. The second-order valence-electron chi connectivity index (χ2n) is 3.95. The molecule has 1 nitrogen and oxygen atoms in total. The van der Waals surface area contributed by atoms with E-state index >= 15 is 0 Å². The third kappa shape index (κ3) is 3.05. The van der Waals surface area contributed by atoms with Gasteiger partial charge in [-0.1, -0.05) is 30.7 Å². The molecule has 0 amide bonds. The Morgan fingerprint density at radius 3 is 2.53 bits per heavy atom. The number of alkyl halides is 1. The summed E-state index contributed by atoms with van der Waals surface area (Å²) in [6, 6.07) is 9.73. The maximum absolute atomic E-state index is 6.41. The van der Waals surface area contributed by atoms with Crippen LogP contribution in [-0.4, -0.2) is 0 Å². The van der Waals surface area contributed by atoms with Gasteiger partial charge in [-0.05, 0) is 30.2 Å². The molecule has 0 saturated carbocycles. The summed E-state index contributed by atoms with van der Waals surface area (Å²) in [5.41, 5.74) is 2.27. The van der Waals surface area contributed by atoms with Gasteiger partial charge in [0.2, 0.25) is 0 Å². The minimum absolute atomic E-state index is 0.0510. The van der Waals surface area contributed by atoms with Crippen LogP contribution >= 0.6 is 23.2 Å². The molecule has 17 heavy (non-hydrogen) atoms. The van der Waals surface area contributed by atoms with Gasteiger partial charge < -0.3 is 4.42 Å². The summed E-state index contributed by atoms with van der Waals surface area (Å²) in [6.45, 7) is 2.06. The summed E-state index contributed by atoms with van der Waals surface area (Å²) < 4.78 is 5.39. The summed E-state index contributed by atoms with van der Waals surface area (Å²) in [7, 11) is 0. The smallest absolute Gasteiger partial charge is 0.108 e. The van der Waals surface area contributed by atoms with Gasteiger partial charge in [-0.2, -0.15) is 0 Å². The third-order valence-corrected chi connectivity index (χ3v) is 3.41. The van der Waals surface area contributed by atoms with Gasteiger partial charge in [0.25, 0.3) is 0 Å². The second kappa shape index (κ2) is 5.61. The first kappa shape index (κ1) is 12.5. The fraction of sp³-hybridized carbons (Fsp3) is 0.286. The average molecular weight is 269 g/mol. The highest BCUT2D eigenvalue weighted by Crippen LogP contribution is 2.29. The Balaban J connectivity index is 2.11. The first-order valence-corrected chi connectivity index (χ1v) is 6.47. The van der Waals surface area contributed by atoms with Gasteiger partial charge in [-0.25, -0.2) is 0 Å². The van der Waals surface area contributed by atoms with Gasteiger partial charge in [0.1, 0.15) is 5.76 Å². The molecule has 1 aromatic heterocycles. The van der Waals surface area contributed by atoms with E-state index in [0.717, 1.165) is 29.2 Å². The van der Waals surface area contributed by atoms with Crippen LogP contribution in [0.25, 0.3) is 0 Å². The van der Waals surface area contributed by atoms with E-state index < -0.39 is 0 Å². The molecule has 1 aromatic carbocycles. The van der Waals surface area contributed by atoms with Gasteiger partial charge in [-0.15, -0.1) is 11.6 Å². The predicted molar refractivity (Wildman–Crippen MR) is 71.8 cm³/mol. The Labute approximate surface area is 111 Å². The molecule has 0 aliphatic carbocycles. The highest BCUT2D eigenvalue weighted by Gasteiger charge is 2.14. The number of furan rings is 1. The molecule has 0 aliphatic rings. The van der Waals surface area contributed by atoms with Crippen molar-refractivity contribution in [2.75, 3.05) is 0 Å². The van der Waals surface area contributed by atoms with Crippen molar-refractivity contribution in [1.29, 1.82) is 0 Å². The molecule has 0 N–H and O–H groups in total. The maximum atomic E-state index is 6.41. The van der Waals surface area contributed by atoms with Gasteiger partial charge in [0, 0.05) is 17.0 Å². The molecule has 0 bridgehead atoms. The molecule has 2 rings (SSSR count). The molecule has 1 unspecified atom stereocenters. The van der Waals surface area contributed by atoms with Crippen LogP contribution < -0.4 is 0 Å². The lowest BCUT2D eigenvalue weighted by Crippen LogP contribution is -1.97. The monoisotopic (exact) mass is 268 g/mol. The highest BCUT2D eigenvalue weighted by atomic mass is 35.5. The highest BCUT2D eigenvalue weighted by molar-refractivity contribution is 6.30. The third-order valence-electron chi connectivity index (χ3n) is 2.77. The van der Waals surface area contributed by atoms with Crippen LogP contribution in [0.15, 0.2) is 41.0 Å². The van der Waals surface area contributed by atoms with Crippen molar-refractivity contribution < 1.29 is 4.42 Å². The molecule has 0 spiro atoms. The minimum Gasteiger partial charge on any atom is -0.469 e. The van der Waals surface area contributed by atoms with Crippen molar-refractivity contribution in [1.82, 2.24) is 0 Å². The van der Waals surface area contributed by atoms with Crippen molar-refractivity contribution >= 4 is 23.2 Å². The van der Waals surface area contributed by atoms with E-state index in [2.05, 4.69) is 6.92 Å². The lowest BCUT2D eigenvalue weighted by molar-refractivity contribution is 0.510. The quantitative estimate of drug-likeness (QED) is 0.710. The van der Waals surface area contributed by atoms with Gasteiger partial charge in [0.15, 0.2) is 0 Å². The molecule has 0 aliphatic heterocycles. The largest absolute Gasteiger partial charge is 0.469 e. The molecule has 0 radical (unpaired) electrons. The number of hydrogen-bond acceptors (Lipinski definition) is 1. The average Bonchev–Trinajstić information content (AvgIpc) is 2.80. The summed E-state index contributed by atoms with van der Waals surface area (Å²) in [6.07, 6.45) is 3.35. The molecule has 1 atom stereocenters. The summed E-state index contributed by atoms with van der Waals surface area (Å²) in [5.74, 6) is 0.971. The normalized spacial score (nSPS) is 12.6. The Kier molecular flexibility index (Phi) is 4.14. The SMILES string of the molecule is CCc1occc1C(Cl)Cc1ccc(Cl)cc1. The fourth-order valence-corrected chi connectivity index (χ4v) is 2.35. The van der Waals surface area contributed by atoms with E-state index in [1.807, 2.05) is 30.3 Å². The fourth-order valence-electron chi connectivity index (χ4n) is 1.85. The molecule has 0 fully saturated rings. The van der Waals surface area contributed by atoms with E-state index in [4.69, 9.17) is 27.6 Å². The van der Waals surface area contributed by atoms with Crippen LogP contribution in [-0.2, 0) is 12.8 Å². The number of benzene rings is 1. The van der Waals surface area contributed by atoms with E-state index in [1.54, 1.807) is 6.26 Å². The van der Waals surface area contributed by atoms with Gasteiger partial charge in [-0.3, -0.25) is 0 Å². The Morgan fingerprint density at radius 2 is 1.88 bits per heavy atom. The number of rotatable bonds is 4. The Hall–Kier alpha value is -0.920. The van der Waals surface area contributed by atoms with Gasteiger partial charge in [0.05, 0.1) is 11.6 Å². The van der Waals surface area contributed by atoms with Crippen LogP contribution in [0.2, 0.25) is 5.02 Å². The zero-order valence-corrected chi connectivity index (χ0v) is 11.1. The second-order valence-corrected chi connectivity index (χ2v) is 4.91. The van der Waals surface area contributed by atoms with Gasteiger partial charge >= 0.3 is 0 Å². The summed E-state index contributed by atoms with van der Waals surface area (Å²) >= 11 is 12.3. The van der Waals surface area contributed by atoms with E-state index in [0.29, 0.717) is 0 Å².